The van der Waals surface area contributed by atoms with Crippen molar-refractivity contribution in [3.63, 3.8) is 0 Å². The Balaban J connectivity index is 1.86. The Morgan fingerprint density at radius 2 is 1.81 bits per heavy atom. The van der Waals surface area contributed by atoms with E-state index in [1.807, 2.05) is 7.05 Å². The standard InChI is InChI=1S/C11H22N3OP/c1-12-10-11-6-5-9-14(11)16(12,15)13-7-3-2-4-8-13/h11H,2-10H2,1H3/t11-,16+/m0/s1. The summed E-state index contributed by atoms with van der Waals surface area (Å²) in [4.78, 5) is 0. The maximum Gasteiger partial charge on any atom is 0.286 e. The van der Waals surface area contributed by atoms with Crippen LogP contribution >= 0.6 is 7.59 Å². The Kier molecular flexibility index (Phi) is 2.87. The molecule has 0 saturated carbocycles. The average Bonchev–Trinajstić information content (AvgIpc) is 2.85. The van der Waals surface area contributed by atoms with Gasteiger partial charge in [-0.05, 0) is 32.7 Å². The molecule has 92 valence electrons. The number of fused-ring (bicyclic) bond motifs is 1. The summed E-state index contributed by atoms with van der Waals surface area (Å²) in [6.45, 7) is 4.12. The van der Waals surface area contributed by atoms with Crippen LogP contribution in [0.4, 0.5) is 0 Å². The number of piperidine rings is 1. The number of likely N-dealkylation sites (N-methyl/N-ethyl adjacent to an activating group) is 1. The summed E-state index contributed by atoms with van der Waals surface area (Å²) in [5.41, 5.74) is 0. The maximum absolute atomic E-state index is 13.3. The zero-order valence-electron chi connectivity index (χ0n) is 10.1. The molecule has 3 aliphatic heterocycles. The molecule has 0 aromatic rings. The highest BCUT2D eigenvalue weighted by molar-refractivity contribution is 7.56. The van der Waals surface area contributed by atoms with Gasteiger partial charge < -0.3 is 0 Å². The summed E-state index contributed by atoms with van der Waals surface area (Å²) in [6.07, 6.45) is 6.22. The molecule has 0 aromatic carbocycles. The van der Waals surface area contributed by atoms with Crippen LogP contribution in [0.2, 0.25) is 0 Å². The molecule has 0 N–H and O–H groups in total. The molecule has 3 fully saturated rings. The summed E-state index contributed by atoms with van der Waals surface area (Å²) in [5, 5.41) is 0. The Hall–Kier alpha value is 0.110. The largest absolute Gasteiger partial charge is 0.286 e. The lowest BCUT2D eigenvalue weighted by molar-refractivity contribution is 0.297. The van der Waals surface area contributed by atoms with E-state index in [1.54, 1.807) is 0 Å². The molecule has 3 saturated heterocycles. The Labute approximate surface area is 98.1 Å². The molecule has 0 unspecified atom stereocenters. The molecular weight excluding hydrogens is 221 g/mol. The van der Waals surface area contributed by atoms with Gasteiger partial charge in [-0.1, -0.05) is 6.42 Å². The summed E-state index contributed by atoms with van der Waals surface area (Å²) < 4.78 is 20.0. The first kappa shape index (κ1) is 11.2. The van der Waals surface area contributed by atoms with Crippen molar-refractivity contribution in [1.82, 2.24) is 14.0 Å². The Morgan fingerprint density at radius 1 is 1.06 bits per heavy atom. The fourth-order valence-corrected chi connectivity index (χ4v) is 6.84. The molecule has 3 heterocycles. The van der Waals surface area contributed by atoms with Crippen LogP contribution in [0.25, 0.3) is 0 Å². The third-order valence-corrected chi connectivity index (χ3v) is 7.69. The zero-order valence-corrected chi connectivity index (χ0v) is 11.0. The quantitative estimate of drug-likeness (QED) is 0.658. The van der Waals surface area contributed by atoms with Crippen molar-refractivity contribution in [2.45, 2.75) is 38.1 Å². The van der Waals surface area contributed by atoms with Gasteiger partial charge in [0.05, 0.1) is 0 Å². The normalized spacial score (nSPS) is 42.7. The molecule has 0 radical (unpaired) electrons. The van der Waals surface area contributed by atoms with Gasteiger partial charge in [0.15, 0.2) is 0 Å². The molecule has 0 aliphatic carbocycles. The molecule has 0 aromatic heterocycles. The first-order chi connectivity index (χ1) is 7.73. The first-order valence-corrected chi connectivity index (χ1v) is 8.13. The highest BCUT2D eigenvalue weighted by atomic mass is 31.2. The van der Waals surface area contributed by atoms with Gasteiger partial charge in [0.2, 0.25) is 0 Å². The number of hydrogen-bond donors (Lipinski definition) is 0. The van der Waals surface area contributed by atoms with Crippen molar-refractivity contribution in [2.75, 3.05) is 33.2 Å². The average molecular weight is 243 g/mol. The second kappa shape index (κ2) is 4.09. The van der Waals surface area contributed by atoms with Gasteiger partial charge in [-0.25, -0.2) is 14.0 Å². The molecule has 0 spiro atoms. The van der Waals surface area contributed by atoms with Crippen LogP contribution in [-0.4, -0.2) is 53.3 Å². The van der Waals surface area contributed by atoms with Crippen molar-refractivity contribution in [3.05, 3.63) is 0 Å². The van der Waals surface area contributed by atoms with Crippen LogP contribution in [0, 0.1) is 0 Å². The van der Waals surface area contributed by atoms with E-state index in [0.717, 1.165) is 26.2 Å². The van der Waals surface area contributed by atoms with E-state index < -0.39 is 7.59 Å². The van der Waals surface area contributed by atoms with E-state index in [2.05, 4.69) is 14.0 Å². The van der Waals surface area contributed by atoms with Crippen LogP contribution in [0.1, 0.15) is 32.1 Å². The van der Waals surface area contributed by atoms with E-state index in [4.69, 9.17) is 0 Å². The highest BCUT2D eigenvalue weighted by Crippen LogP contribution is 2.63. The van der Waals surface area contributed by atoms with Crippen LogP contribution in [0.5, 0.6) is 0 Å². The molecule has 0 bridgehead atoms. The van der Waals surface area contributed by atoms with Gasteiger partial charge >= 0.3 is 0 Å². The molecule has 16 heavy (non-hydrogen) atoms. The molecule has 3 aliphatic rings. The highest BCUT2D eigenvalue weighted by Gasteiger charge is 2.52. The van der Waals surface area contributed by atoms with Crippen LogP contribution < -0.4 is 0 Å². The Morgan fingerprint density at radius 3 is 2.56 bits per heavy atom. The minimum Gasteiger partial charge on any atom is -0.270 e. The van der Waals surface area contributed by atoms with Crippen molar-refractivity contribution >= 4 is 7.59 Å². The summed E-state index contributed by atoms with van der Waals surface area (Å²) in [7, 11) is -0.291. The zero-order chi connectivity index (χ0) is 11.2. The minimum atomic E-state index is -2.34. The van der Waals surface area contributed by atoms with Crippen molar-refractivity contribution in [2.24, 2.45) is 0 Å². The number of nitrogens with zero attached hydrogens (tertiary/aromatic N) is 3. The SMILES string of the molecule is CN1C[C@@H]2CCCN2[P@]1(=O)N1CCCCC1. The fraction of sp³-hybridized carbons (Fsp3) is 1.00. The van der Waals surface area contributed by atoms with Crippen molar-refractivity contribution in [1.29, 1.82) is 0 Å². The predicted octanol–water partition coefficient (Wildman–Crippen LogP) is 1.99. The molecule has 0 amide bonds. The number of rotatable bonds is 1. The predicted molar refractivity (Wildman–Crippen MR) is 65.4 cm³/mol. The van der Waals surface area contributed by atoms with Gasteiger partial charge in [0.25, 0.3) is 7.59 Å². The summed E-state index contributed by atoms with van der Waals surface area (Å²) in [6, 6.07) is 0.567. The van der Waals surface area contributed by atoms with E-state index in [9.17, 15) is 4.57 Å². The molecule has 2 atom stereocenters. The molecular formula is C11H22N3OP. The lowest BCUT2D eigenvalue weighted by Crippen LogP contribution is -2.36. The third-order valence-electron chi connectivity index (χ3n) is 4.30. The lowest BCUT2D eigenvalue weighted by Gasteiger charge is -2.38. The minimum absolute atomic E-state index is 0.567. The molecule has 3 rings (SSSR count). The second-order valence-corrected chi connectivity index (χ2v) is 8.12. The van der Waals surface area contributed by atoms with E-state index >= 15 is 0 Å². The van der Waals surface area contributed by atoms with E-state index in [1.165, 1.54) is 32.1 Å². The first-order valence-electron chi connectivity index (χ1n) is 6.57. The van der Waals surface area contributed by atoms with Gasteiger partial charge in [0, 0.05) is 32.2 Å². The topological polar surface area (TPSA) is 26.8 Å². The third kappa shape index (κ3) is 1.51. The maximum atomic E-state index is 13.3. The number of hydrogen-bond acceptors (Lipinski definition) is 1. The van der Waals surface area contributed by atoms with Gasteiger partial charge in [0.1, 0.15) is 0 Å². The molecule has 4 nitrogen and oxygen atoms in total. The van der Waals surface area contributed by atoms with Gasteiger partial charge in [-0.3, -0.25) is 4.57 Å². The lowest BCUT2D eigenvalue weighted by atomic mass is 10.2. The van der Waals surface area contributed by atoms with Crippen molar-refractivity contribution < 1.29 is 4.57 Å². The van der Waals surface area contributed by atoms with E-state index in [-0.39, 0.29) is 0 Å². The van der Waals surface area contributed by atoms with Gasteiger partial charge in [-0.2, -0.15) is 0 Å². The Bertz CT molecular complexity index is 316. The summed E-state index contributed by atoms with van der Waals surface area (Å²) in [5.74, 6) is 0. The summed E-state index contributed by atoms with van der Waals surface area (Å²) >= 11 is 0. The smallest absolute Gasteiger partial charge is 0.270 e. The van der Waals surface area contributed by atoms with Crippen LogP contribution in [0.15, 0.2) is 0 Å². The van der Waals surface area contributed by atoms with Crippen LogP contribution in [-0.2, 0) is 4.57 Å². The second-order valence-electron chi connectivity index (χ2n) is 5.33. The van der Waals surface area contributed by atoms with Crippen molar-refractivity contribution in [3.8, 4) is 0 Å². The monoisotopic (exact) mass is 243 g/mol. The molecule has 5 heteroatoms. The van der Waals surface area contributed by atoms with Crippen LogP contribution in [0.3, 0.4) is 0 Å². The fourth-order valence-electron chi connectivity index (χ4n) is 3.47. The van der Waals surface area contributed by atoms with E-state index in [0.29, 0.717) is 6.04 Å². The van der Waals surface area contributed by atoms with Gasteiger partial charge in [-0.15, -0.1) is 0 Å².